The molecule has 0 spiro atoms. The van der Waals surface area contributed by atoms with E-state index in [1.165, 1.54) is 6.07 Å². The van der Waals surface area contributed by atoms with Crippen LogP contribution in [-0.4, -0.2) is 23.7 Å². The van der Waals surface area contributed by atoms with Crippen molar-refractivity contribution in [1.29, 1.82) is 0 Å². The third-order valence-electron chi connectivity index (χ3n) is 2.67. The summed E-state index contributed by atoms with van der Waals surface area (Å²) >= 11 is 11.7. The molecule has 1 atom stereocenters. The predicted octanol–water partition coefficient (Wildman–Crippen LogP) is 3.62. The largest absolute Gasteiger partial charge is 0.481 e. The van der Waals surface area contributed by atoms with Crippen LogP contribution >= 0.6 is 23.2 Å². The minimum absolute atomic E-state index is 0.0697. The van der Waals surface area contributed by atoms with E-state index in [-0.39, 0.29) is 6.54 Å². The molecule has 0 bridgehead atoms. The highest BCUT2D eigenvalue weighted by Gasteiger charge is 2.17. The molecule has 0 aliphatic carbocycles. The van der Waals surface area contributed by atoms with E-state index < -0.39 is 17.9 Å². The lowest BCUT2D eigenvalue weighted by atomic mass is 10.0. The van der Waals surface area contributed by atoms with E-state index in [1.807, 2.05) is 6.92 Å². The summed E-state index contributed by atoms with van der Waals surface area (Å²) in [6.45, 7) is 1.96. The first-order valence-corrected chi connectivity index (χ1v) is 6.92. The number of benzene rings is 1. The Balaban J connectivity index is 2.53. The zero-order valence-corrected chi connectivity index (χ0v) is 12.5. The molecule has 110 valence electrons. The summed E-state index contributed by atoms with van der Waals surface area (Å²) in [4.78, 5) is 22.6. The number of rotatable bonds is 6. The lowest BCUT2D eigenvalue weighted by Gasteiger charge is -2.13. The van der Waals surface area contributed by atoms with E-state index in [1.54, 1.807) is 12.1 Å². The van der Waals surface area contributed by atoms with Crippen molar-refractivity contribution in [3.8, 4) is 0 Å². The Morgan fingerprint density at radius 3 is 2.60 bits per heavy atom. The van der Waals surface area contributed by atoms with Gasteiger partial charge in [0.05, 0.1) is 16.6 Å². The molecule has 0 aromatic heterocycles. The standard InChI is InChI=1S/C13H16Cl2N2O3/c1-2-3-8(12(18)19)7-16-13(20)17-11-5-4-9(14)6-10(11)15/h4-6,8H,2-3,7H2,1H3,(H,18,19)(H2,16,17,20). The lowest BCUT2D eigenvalue weighted by Crippen LogP contribution is -2.35. The molecular formula is C13H16Cl2N2O3. The Morgan fingerprint density at radius 2 is 2.05 bits per heavy atom. The number of anilines is 1. The highest BCUT2D eigenvalue weighted by Crippen LogP contribution is 2.25. The van der Waals surface area contributed by atoms with Gasteiger partial charge in [-0.1, -0.05) is 36.5 Å². The first-order valence-electron chi connectivity index (χ1n) is 6.16. The van der Waals surface area contributed by atoms with Crippen LogP contribution in [0.5, 0.6) is 0 Å². The molecule has 20 heavy (non-hydrogen) atoms. The Labute approximate surface area is 127 Å². The van der Waals surface area contributed by atoms with Crippen LogP contribution in [0.3, 0.4) is 0 Å². The number of carboxylic acids is 1. The fourth-order valence-corrected chi connectivity index (χ4v) is 2.09. The van der Waals surface area contributed by atoms with Gasteiger partial charge in [0.2, 0.25) is 0 Å². The second kappa shape index (κ2) is 7.97. The highest BCUT2D eigenvalue weighted by molar-refractivity contribution is 6.36. The quantitative estimate of drug-likeness (QED) is 0.749. The third kappa shape index (κ3) is 5.27. The van der Waals surface area contributed by atoms with E-state index in [2.05, 4.69) is 10.6 Å². The number of aliphatic carboxylic acids is 1. The fraction of sp³-hybridized carbons (Fsp3) is 0.385. The fourth-order valence-electron chi connectivity index (χ4n) is 1.63. The van der Waals surface area contributed by atoms with Crippen LogP contribution in [0, 0.1) is 5.92 Å². The van der Waals surface area contributed by atoms with Gasteiger partial charge in [-0.15, -0.1) is 0 Å². The molecule has 0 saturated carbocycles. The molecule has 2 amide bonds. The second-order valence-electron chi connectivity index (χ2n) is 4.28. The number of nitrogens with one attached hydrogen (secondary N) is 2. The van der Waals surface area contributed by atoms with Crippen molar-refractivity contribution in [2.45, 2.75) is 19.8 Å². The van der Waals surface area contributed by atoms with Crippen molar-refractivity contribution in [3.05, 3.63) is 28.2 Å². The van der Waals surface area contributed by atoms with Crippen molar-refractivity contribution in [1.82, 2.24) is 5.32 Å². The normalized spacial score (nSPS) is 11.8. The van der Waals surface area contributed by atoms with Crippen molar-refractivity contribution in [2.75, 3.05) is 11.9 Å². The van der Waals surface area contributed by atoms with Crippen LogP contribution in [0.4, 0.5) is 10.5 Å². The number of hydrogen-bond acceptors (Lipinski definition) is 2. The Morgan fingerprint density at radius 1 is 1.35 bits per heavy atom. The van der Waals surface area contributed by atoms with Gasteiger partial charge < -0.3 is 15.7 Å². The van der Waals surface area contributed by atoms with Crippen LogP contribution in [0.25, 0.3) is 0 Å². The van der Waals surface area contributed by atoms with Gasteiger partial charge in [-0.05, 0) is 24.6 Å². The number of carbonyl (C=O) groups is 2. The molecule has 0 aliphatic rings. The minimum Gasteiger partial charge on any atom is -0.481 e. The molecule has 1 aromatic carbocycles. The summed E-state index contributed by atoms with van der Waals surface area (Å²) in [6.07, 6.45) is 1.25. The first-order chi connectivity index (χ1) is 9.43. The molecule has 0 fully saturated rings. The topological polar surface area (TPSA) is 78.4 Å². The average Bonchev–Trinajstić information content (AvgIpc) is 2.37. The summed E-state index contributed by atoms with van der Waals surface area (Å²) in [5, 5.41) is 14.8. The van der Waals surface area contributed by atoms with Crippen molar-refractivity contribution < 1.29 is 14.7 Å². The van der Waals surface area contributed by atoms with E-state index in [0.29, 0.717) is 22.2 Å². The number of hydrogen-bond donors (Lipinski definition) is 3. The van der Waals surface area contributed by atoms with E-state index in [4.69, 9.17) is 28.3 Å². The highest BCUT2D eigenvalue weighted by atomic mass is 35.5. The van der Waals surface area contributed by atoms with Crippen molar-refractivity contribution >= 4 is 40.9 Å². The number of amides is 2. The third-order valence-corrected chi connectivity index (χ3v) is 3.22. The lowest BCUT2D eigenvalue weighted by molar-refractivity contribution is -0.141. The number of urea groups is 1. The molecular weight excluding hydrogens is 303 g/mol. The predicted molar refractivity (Wildman–Crippen MR) is 79.5 cm³/mol. The summed E-state index contributed by atoms with van der Waals surface area (Å²) in [7, 11) is 0. The Bertz CT molecular complexity index is 495. The maximum absolute atomic E-state index is 11.7. The van der Waals surface area contributed by atoms with E-state index in [9.17, 15) is 9.59 Å². The number of carbonyl (C=O) groups excluding carboxylic acids is 1. The van der Waals surface area contributed by atoms with E-state index in [0.717, 1.165) is 6.42 Å². The van der Waals surface area contributed by atoms with Gasteiger partial charge in [-0.2, -0.15) is 0 Å². The van der Waals surface area contributed by atoms with Gasteiger partial charge in [-0.25, -0.2) is 4.79 Å². The van der Waals surface area contributed by atoms with E-state index >= 15 is 0 Å². The summed E-state index contributed by atoms with van der Waals surface area (Å²) < 4.78 is 0. The van der Waals surface area contributed by atoms with Crippen LogP contribution in [0.2, 0.25) is 10.0 Å². The number of carboxylic acid groups (broad SMARTS) is 1. The van der Waals surface area contributed by atoms with Gasteiger partial charge in [0.15, 0.2) is 0 Å². The van der Waals surface area contributed by atoms with Gasteiger partial charge >= 0.3 is 12.0 Å². The maximum Gasteiger partial charge on any atom is 0.319 e. The molecule has 0 radical (unpaired) electrons. The molecule has 0 heterocycles. The summed E-state index contributed by atoms with van der Waals surface area (Å²) in [5.41, 5.74) is 0.413. The summed E-state index contributed by atoms with van der Waals surface area (Å²) in [5.74, 6) is -1.51. The zero-order chi connectivity index (χ0) is 15.1. The molecule has 3 N–H and O–H groups in total. The van der Waals surface area contributed by atoms with Crippen LogP contribution in [-0.2, 0) is 4.79 Å². The van der Waals surface area contributed by atoms with Gasteiger partial charge in [0, 0.05) is 11.6 Å². The van der Waals surface area contributed by atoms with Gasteiger partial charge in [0.25, 0.3) is 0 Å². The SMILES string of the molecule is CCCC(CNC(=O)Nc1ccc(Cl)cc1Cl)C(=O)O. The van der Waals surface area contributed by atoms with Crippen molar-refractivity contribution in [2.24, 2.45) is 5.92 Å². The molecule has 5 nitrogen and oxygen atoms in total. The zero-order valence-electron chi connectivity index (χ0n) is 11.0. The first kappa shape index (κ1) is 16.6. The molecule has 1 aromatic rings. The molecule has 1 rings (SSSR count). The smallest absolute Gasteiger partial charge is 0.319 e. The van der Waals surface area contributed by atoms with Gasteiger partial charge in [-0.3, -0.25) is 4.79 Å². The minimum atomic E-state index is -0.920. The summed E-state index contributed by atoms with van der Waals surface area (Å²) in [6, 6.07) is 4.18. The molecule has 0 saturated heterocycles. The average molecular weight is 319 g/mol. The molecule has 0 aliphatic heterocycles. The maximum atomic E-state index is 11.7. The second-order valence-corrected chi connectivity index (χ2v) is 5.13. The van der Waals surface area contributed by atoms with Crippen LogP contribution in [0.1, 0.15) is 19.8 Å². The van der Waals surface area contributed by atoms with Gasteiger partial charge in [0.1, 0.15) is 0 Å². The Hall–Kier alpha value is -1.46. The van der Waals surface area contributed by atoms with Crippen LogP contribution < -0.4 is 10.6 Å². The van der Waals surface area contributed by atoms with Crippen LogP contribution in [0.15, 0.2) is 18.2 Å². The Kier molecular flexibility index (Phi) is 6.61. The number of halogens is 2. The molecule has 1 unspecified atom stereocenters. The molecule has 7 heteroatoms. The monoisotopic (exact) mass is 318 g/mol. The van der Waals surface area contributed by atoms with Crippen molar-refractivity contribution in [3.63, 3.8) is 0 Å².